The molecule has 0 unspecified atom stereocenters. The minimum Gasteiger partial charge on any atom is -0.295 e. The summed E-state index contributed by atoms with van der Waals surface area (Å²) in [6.07, 6.45) is 7.73. The van der Waals surface area contributed by atoms with Crippen LogP contribution in [-0.4, -0.2) is 12.1 Å². The molecule has 0 bridgehead atoms. The Morgan fingerprint density at radius 1 is 1.12 bits per heavy atom. The third-order valence-electron chi connectivity index (χ3n) is 2.91. The van der Waals surface area contributed by atoms with Crippen LogP contribution in [0, 0.1) is 13.8 Å². The van der Waals surface area contributed by atoms with Crippen LogP contribution in [0.5, 0.6) is 0 Å². The zero-order chi connectivity index (χ0) is 12.4. The van der Waals surface area contributed by atoms with Crippen molar-refractivity contribution in [2.75, 3.05) is 0 Å². The number of allylic oxidation sites excluding steroid dienone is 4. The van der Waals surface area contributed by atoms with Crippen molar-refractivity contribution in [3.8, 4) is 0 Å². The lowest BCUT2D eigenvalue weighted by Crippen LogP contribution is -2.00. The first-order chi connectivity index (χ1) is 8.11. The number of benzene rings is 1. The van der Waals surface area contributed by atoms with Crippen molar-refractivity contribution in [3.05, 3.63) is 52.6 Å². The van der Waals surface area contributed by atoms with Gasteiger partial charge in [-0.25, -0.2) is 0 Å². The Morgan fingerprint density at radius 2 is 1.76 bits per heavy atom. The Hall–Kier alpha value is -1.96. The number of carbonyl (C=O) groups excluding carboxylic acids is 2. The van der Waals surface area contributed by atoms with E-state index in [1.165, 1.54) is 0 Å². The van der Waals surface area contributed by atoms with Gasteiger partial charge >= 0.3 is 0 Å². The maximum atomic E-state index is 11.1. The maximum Gasteiger partial charge on any atom is 0.233 e. The molecule has 0 amide bonds. The lowest BCUT2D eigenvalue weighted by Gasteiger charge is -2.13. The lowest BCUT2D eigenvalue weighted by molar-refractivity contribution is -0.113. The van der Waals surface area contributed by atoms with Gasteiger partial charge in [0.2, 0.25) is 6.29 Å². The van der Waals surface area contributed by atoms with E-state index in [2.05, 4.69) is 0 Å². The largest absolute Gasteiger partial charge is 0.295 e. The van der Waals surface area contributed by atoms with Crippen molar-refractivity contribution in [1.29, 1.82) is 0 Å². The van der Waals surface area contributed by atoms with E-state index in [1.54, 1.807) is 6.08 Å². The highest BCUT2D eigenvalue weighted by atomic mass is 16.1. The van der Waals surface area contributed by atoms with E-state index in [-0.39, 0.29) is 5.78 Å². The van der Waals surface area contributed by atoms with Gasteiger partial charge in [0.15, 0.2) is 5.78 Å². The summed E-state index contributed by atoms with van der Waals surface area (Å²) in [7, 11) is 0. The Labute approximate surface area is 101 Å². The third-order valence-corrected chi connectivity index (χ3v) is 2.91. The fourth-order valence-corrected chi connectivity index (χ4v) is 2.19. The van der Waals surface area contributed by atoms with Gasteiger partial charge in [0.25, 0.3) is 0 Å². The first kappa shape index (κ1) is 11.5. The van der Waals surface area contributed by atoms with Crippen molar-refractivity contribution >= 4 is 17.6 Å². The number of hydrogen-bond donors (Lipinski definition) is 0. The van der Waals surface area contributed by atoms with Crippen LogP contribution in [0.25, 0.3) is 5.57 Å². The number of rotatable bonds is 2. The molecule has 0 saturated heterocycles. The Kier molecular flexibility index (Phi) is 3.05. The fraction of sp³-hybridized carbons (Fsp3) is 0.200. The highest BCUT2D eigenvalue weighted by molar-refractivity contribution is 5.98. The molecule has 2 nitrogen and oxygen atoms in total. The van der Waals surface area contributed by atoms with E-state index in [0.29, 0.717) is 12.0 Å². The van der Waals surface area contributed by atoms with Crippen LogP contribution in [0.4, 0.5) is 0 Å². The van der Waals surface area contributed by atoms with E-state index in [9.17, 15) is 9.59 Å². The van der Waals surface area contributed by atoms with Crippen LogP contribution in [0.2, 0.25) is 0 Å². The molecule has 0 N–H and O–H groups in total. The summed E-state index contributed by atoms with van der Waals surface area (Å²) in [4.78, 5) is 21.8. The first-order valence-electron chi connectivity index (χ1n) is 5.52. The molecule has 0 aromatic heterocycles. The molecule has 1 aliphatic rings. The minimum absolute atomic E-state index is 0.127. The molecule has 0 aliphatic heterocycles. The molecule has 17 heavy (non-hydrogen) atoms. The van der Waals surface area contributed by atoms with Crippen molar-refractivity contribution in [3.63, 3.8) is 0 Å². The molecule has 1 aliphatic carbocycles. The van der Waals surface area contributed by atoms with Crippen LogP contribution in [0.15, 0.2) is 30.4 Å². The van der Waals surface area contributed by atoms with E-state index in [1.807, 2.05) is 44.4 Å². The highest BCUT2D eigenvalue weighted by Gasteiger charge is 2.11. The molecule has 1 aromatic carbocycles. The Bertz CT molecular complexity index is 525. The molecule has 1 aromatic rings. The zero-order valence-electron chi connectivity index (χ0n) is 9.91. The minimum atomic E-state index is 0.127. The molecule has 0 saturated carbocycles. The van der Waals surface area contributed by atoms with Crippen LogP contribution in [0.3, 0.4) is 0 Å². The predicted octanol–water partition coefficient (Wildman–Crippen LogP) is 2.67. The zero-order valence-corrected chi connectivity index (χ0v) is 9.91. The van der Waals surface area contributed by atoms with Crippen LogP contribution >= 0.6 is 0 Å². The van der Waals surface area contributed by atoms with Crippen LogP contribution < -0.4 is 0 Å². The van der Waals surface area contributed by atoms with Gasteiger partial charge in [-0.3, -0.25) is 9.59 Å². The van der Waals surface area contributed by atoms with Crippen LogP contribution in [0.1, 0.15) is 28.7 Å². The molecular formula is C15H13O2. The quantitative estimate of drug-likeness (QED) is 0.775. The summed E-state index contributed by atoms with van der Waals surface area (Å²) >= 11 is 0. The summed E-state index contributed by atoms with van der Waals surface area (Å²) in [5, 5.41) is 0. The number of ketones is 1. The molecule has 85 valence electrons. The molecular weight excluding hydrogens is 212 g/mol. The van der Waals surface area contributed by atoms with E-state index in [4.69, 9.17) is 0 Å². The molecule has 1 radical (unpaired) electrons. The SMILES string of the molecule is Cc1cc([C]=O)cc(C)c1C1=CCC(=O)C=C1. The van der Waals surface area contributed by atoms with Gasteiger partial charge in [0, 0.05) is 12.0 Å². The molecule has 0 atom stereocenters. The van der Waals surface area contributed by atoms with Crippen LogP contribution in [-0.2, 0) is 9.59 Å². The monoisotopic (exact) mass is 225 g/mol. The van der Waals surface area contributed by atoms with Crippen molar-refractivity contribution in [2.45, 2.75) is 20.3 Å². The number of hydrogen-bond acceptors (Lipinski definition) is 2. The second-order valence-electron chi connectivity index (χ2n) is 4.25. The average Bonchev–Trinajstić information content (AvgIpc) is 2.30. The molecule has 0 heterocycles. The third kappa shape index (κ3) is 2.26. The molecule has 0 fully saturated rings. The summed E-state index contributed by atoms with van der Waals surface area (Å²) in [5.74, 6) is 0.127. The van der Waals surface area contributed by atoms with Gasteiger partial charge < -0.3 is 0 Å². The number of aryl methyl sites for hydroxylation is 2. The summed E-state index contributed by atoms with van der Waals surface area (Å²) in [5.41, 5.74) is 4.80. The van der Waals surface area contributed by atoms with Gasteiger partial charge in [0.1, 0.15) is 0 Å². The Balaban J connectivity index is 2.50. The summed E-state index contributed by atoms with van der Waals surface area (Å²) in [6, 6.07) is 3.64. The lowest BCUT2D eigenvalue weighted by atomic mass is 9.90. The fourth-order valence-electron chi connectivity index (χ4n) is 2.19. The van der Waals surface area contributed by atoms with Crippen molar-refractivity contribution in [2.24, 2.45) is 0 Å². The predicted molar refractivity (Wildman–Crippen MR) is 67.5 cm³/mol. The van der Waals surface area contributed by atoms with Gasteiger partial charge in [-0.15, -0.1) is 0 Å². The molecule has 0 spiro atoms. The smallest absolute Gasteiger partial charge is 0.233 e. The summed E-state index contributed by atoms with van der Waals surface area (Å²) < 4.78 is 0. The molecule has 2 rings (SSSR count). The van der Waals surface area contributed by atoms with E-state index >= 15 is 0 Å². The maximum absolute atomic E-state index is 11.1. The van der Waals surface area contributed by atoms with Gasteiger partial charge in [0.05, 0.1) is 0 Å². The topological polar surface area (TPSA) is 34.1 Å². The van der Waals surface area contributed by atoms with Crippen molar-refractivity contribution < 1.29 is 9.59 Å². The second kappa shape index (κ2) is 4.50. The van der Waals surface area contributed by atoms with E-state index < -0.39 is 0 Å². The van der Waals surface area contributed by atoms with Crippen molar-refractivity contribution in [1.82, 2.24) is 0 Å². The standard InChI is InChI=1S/C15H13O2/c1-10-7-12(9-16)8-11(2)15(10)13-3-5-14(17)6-4-13/h3-5,7-8H,6H2,1-2H3. The average molecular weight is 225 g/mol. The first-order valence-corrected chi connectivity index (χ1v) is 5.52. The summed E-state index contributed by atoms with van der Waals surface area (Å²) in [6.45, 7) is 3.93. The highest BCUT2D eigenvalue weighted by Crippen LogP contribution is 2.27. The van der Waals surface area contributed by atoms with Gasteiger partial charge in [-0.1, -0.05) is 12.2 Å². The molecule has 2 heteroatoms. The Morgan fingerprint density at radius 3 is 2.24 bits per heavy atom. The van der Waals surface area contributed by atoms with Gasteiger partial charge in [-0.2, -0.15) is 0 Å². The second-order valence-corrected chi connectivity index (χ2v) is 4.25. The normalized spacial score (nSPS) is 14.7. The number of carbonyl (C=O) groups is 1. The van der Waals surface area contributed by atoms with Gasteiger partial charge in [-0.05, 0) is 54.3 Å². The van der Waals surface area contributed by atoms with E-state index in [0.717, 1.165) is 22.3 Å².